The Labute approximate surface area is 167 Å². The molecule has 29 heavy (non-hydrogen) atoms. The molecule has 1 aliphatic rings. The Kier molecular flexibility index (Phi) is 6.71. The Morgan fingerprint density at radius 1 is 1.17 bits per heavy atom. The molecule has 0 radical (unpaired) electrons. The van der Waals surface area contributed by atoms with Crippen LogP contribution < -0.4 is 9.64 Å². The number of methoxy groups -OCH3 is 1. The second-order valence-electron chi connectivity index (χ2n) is 6.89. The van der Waals surface area contributed by atoms with Crippen LogP contribution in [0.1, 0.15) is 27.0 Å². The molecule has 0 bridgehead atoms. The van der Waals surface area contributed by atoms with Crippen LogP contribution >= 0.6 is 0 Å². The van der Waals surface area contributed by atoms with Crippen molar-refractivity contribution in [3.63, 3.8) is 0 Å². The lowest BCUT2D eigenvalue weighted by Crippen LogP contribution is -3.12. The van der Waals surface area contributed by atoms with Crippen LogP contribution in [0.25, 0.3) is 6.08 Å². The Bertz CT molecular complexity index is 887. The summed E-state index contributed by atoms with van der Waals surface area (Å²) in [5, 5.41) is 0. The fourth-order valence-electron chi connectivity index (χ4n) is 3.26. The normalized spacial score (nSPS) is 15.6. The number of nitrogens with one attached hydrogen (secondary N) is 1. The molecule has 0 aromatic heterocycles. The number of quaternary nitrogens is 1. The fraction of sp³-hybridized carbons (Fsp3) is 0.318. The van der Waals surface area contributed by atoms with Crippen LogP contribution in [0.4, 0.5) is 13.2 Å². The summed E-state index contributed by atoms with van der Waals surface area (Å²) in [6.45, 7) is 3.89. The van der Waals surface area contributed by atoms with Gasteiger partial charge in [-0.2, -0.15) is 13.2 Å². The largest absolute Gasteiger partial charge is 0.496 e. The molecule has 0 unspecified atom stereocenters. The number of ether oxygens (including phenoxy) is 2. The van der Waals surface area contributed by atoms with Crippen LogP contribution in [0, 0.1) is 0 Å². The van der Waals surface area contributed by atoms with Crippen molar-refractivity contribution >= 4 is 11.9 Å². The molecule has 1 heterocycles. The molecule has 3 rings (SSSR count). The molecule has 154 valence electrons. The lowest BCUT2D eigenvalue weighted by molar-refractivity contribution is -0.921. The van der Waals surface area contributed by atoms with E-state index in [1.54, 1.807) is 25.3 Å². The van der Waals surface area contributed by atoms with Gasteiger partial charge in [-0.05, 0) is 42.0 Å². The zero-order chi connectivity index (χ0) is 20.9. The maximum absolute atomic E-state index is 12.8. The lowest BCUT2D eigenvalue weighted by Gasteiger charge is -2.24. The van der Waals surface area contributed by atoms with Crippen molar-refractivity contribution in [2.75, 3.05) is 33.4 Å². The molecule has 1 saturated heterocycles. The molecule has 0 aliphatic carbocycles. The van der Waals surface area contributed by atoms with E-state index < -0.39 is 11.7 Å². The minimum absolute atomic E-state index is 0.275. The molecule has 1 aliphatic heterocycles. The zero-order valence-electron chi connectivity index (χ0n) is 16.1. The molecular formula is C22H23F3NO3+. The third-order valence-electron chi connectivity index (χ3n) is 4.85. The molecule has 1 fully saturated rings. The predicted octanol–water partition coefficient (Wildman–Crippen LogP) is 3.03. The van der Waals surface area contributed by atoms with Crippen molar-refractivity contribution in [1.29, 1.82) is 0 Å². The second-order valence-corrected chi connectivity index (χ2v) is 6.89. The summed E-state index contributed by atoms with van der Waals surface area (Å²) in [7, 11) is 1.59. The monoisotopic (exact) mass is 406 g/mol. The van der Waals surface area contributed by atoms with Gasteiger partial charge in [-0.15, -0.1) is 0 Å². The molecule has 2 aromatic rings. The number of halogens is 3. The molecule has 0 atom stereocenters. The van der Waals surface area contributed by atoms with Crippen molar-refractivity contribution in [2.45, 2.75) is 12.7 Å². The average Bonchev–Trinajstić information content (AvgIpc) is 2.72. The molecule has 0 amide bonds. The Morgan fingerprint density at radius 2 is 1.93 bits per heavy atom. The number of ketones is 1. The quantitative estimate of drug-likeness (QED) is 0.592. The maximum atomic E-state index is 12.8. The van der Waals surface area contributed by atoms with Gasteiger partial charge in [0.2, 0.25) is 0 Å². The number of allylic oxidation sites excluding steroid dienone is 1. The van der Waals surface area contributed by atoms with Gasteiger partial charge in [-0.3, -0.25) is 4.79 Å². The van der Waals surface area contributed by atoms with E-state index in [9.17, 15) is 18.0 Å². The predicted molar refractivity (Wildman–Crippen MR) is 103 cm³/mol. The summed E-state index contributed by atoms with van der Waals surface area (Å²) in [6, 6.07) is 10.1. The third-order valence-corrected chi connectivity index (χ3v) is 4.85. The summed E-state index contributed by atoms with van der Waals surface area (Å²) in [5.74, 6) is 0.436. The van der Waals surface area contributed by atoms with Crippen LogP contribution in [0.5, 0.6) is 5.75 Å². The van der Waals surface area contributed by atoms with E-state index in [0.29, 0.717) is 36.6 Å². The highest BCUT2D eigenvalue weighted by Crippen LogP contribution is 2.29. The van der Waals surface area contributed by atoms with Crippen LogP contribution in [0.15, 0.2) is 48.5 Å². The molecule has 1 N–H and O–H groups in total. The van der Waals surface area contributed by atoms with Gasteiger partial charge in [-0.1, -0.05) is 18.2 Å². The van der Waals surface area contributed by atoms with Gasteiger partial charge >= 0.3 is 6.18 Å². The van der Waals surface area contributed by atoms with Gasteiger partial charge in [0.1, 0.15) is 25.4 Å². The first-order valence-corrected chi connectivity index (χ1v) is 9.35. The maximum Gasteiger partial charge on any atom is 0.416 e. The average molecular weight is 406 g/mol. The molecule has 4 nitrogen and oxygen atoms in total. The highest BCUT2D eigenvalue weighted by atomic mass is 19.4. The van der Waals surface area contributed by atoms with E-state index >= 15 is 0 Å². The van der Waals surface area contributed by atoms with E-state index in [0.717, 1.165) is 30.8 Å². The van der Waals surface area contributed by atoms with Gasteiger partial charge < -0.3 is 14.4 Å². The number of rotatable bonds is 6. The Hall–Kier alpha value is -2.64. The van der Waals surface area contributed by atoms with E-state index in [1.165, 1.54) is 29.2 Å². The van der Waals surface area contributed by atoms with E-state index in [1.807, 2.05) is 0 Å². The fourth-order valence-corrected chi connectivity index (χ4v) is 3.26. The summed E-state index contributed by atoms with van der Waals surface area (Å²) in [4.78, 5) is 13.9. The van der Waals surface area contributed by atoms with E-state index in [2.05, 4.69) is 0 Å². The summed E-state index contributed by atoms with van der Waals surface area (Å²) < 4.78 is 49.3. The molecule has 0 saturated carbocycles. The summed E-state index contributed by atoms with van der Waals surface area (Å²) in [6.07, 6.45) is -1.72. The third kappa shape index (κ3) is 5.68. The first-order valence-electron chi connectivity index (χ1n) is 9.35. The van der Waals surface area contributed by atoms with Crippen LogP contribution in [-0.4, -0.2) is 39.2 Å². The highest BCUT2D eigenvalue weighted by Gasteiger charge is 2.30. The number of hydrogen-bond acceptors (Lipinski definition) is 3. The van der Waals surface area contributed by atoms with Gasteiger partial charge in [0.25, 0.3) is 0 Å². The number of morpholine rings is 1. The smallest absolute Gasteiger partial charge is 0.416 e. The van der Waals surface area contributed by atoms with Crippen LogP contribution in [-0.2, 0) is 17.5 Å². The topological polar surface area (TPSA) is 40.0 Å². The van der Waals surface area contributed by atoms with Gasteiger partial charge in [0.15, 0.2) is 5.78 Å². The summed E-state index contributed by atoms with van der Waals surface area (Å²) in [5.41, 5.74) is 0.964. The zero-order valence-corrected chi connectivity index (χ0v) is 16.1. The SMILES string of the molecule is COc1ccc(C(=O)/C=C/c2cccc(C(F)(F)F)c2)cc1C[NH+]1CCOCC1. The van der Waals surface area contributed by atoms with E-state index in [4.69, 9.17) is 9.47 Å². The Morgan fingerprint density at radius 3 is 2.62 bits per heavy atom. The van der Waals surface area contributed by atoms with Gasteiger partial charge in [0, 0.05) is 11.1 Å². The minimum Gasteiger partial charge on any atom is -0.496 e. The molecule has 2 aromatic carbocycles. The highest BCUT2D eigenvalue weighted by molar-refractivity contribution is 6.07. The van der Waals surface area contributed by atoms with Gasteiger partial charge in [-0.25, -0.2) is 0 Å². The van der Waals surface area contributed by atoms with Crippen molar-refractivity contribution in [3.05, 3.63) is 70.8 Å². The van der Waals surface area contributed by atoms with E-state index in [-0.39, 0.29) is 5.78 Å². The van der Waals surface area contributed by atoms with Crippen LogP contribution in [0.3, 0.4) is 0 Å². The molecule has 0 spiro atoms. The van der Waals surface area contributed by atoms with Crippen molar-refractivity contribution in [1.82, 2.24) is 0 Å². The molecule has 7 heteroatoms. The number of alkyl halides is 3. The van der Waals surface area contributed by atoms with Crippen LogP contribution in [0.2, 0.25) is 0 Å². The van der Waals surface area contributed by atoms with Crippen molar-refractivity contribution in [3.8, 4) is 5.75 Å². The lowest BCUT2D eigenvalue weighted by atomic mass is 10.0. The first kappa shape index (κ1) is 21.1. The Balaban J connectivity index is 1.76. The number of carbonyl (C=O) groups is 1. The standard InChI is InChI=1S/C22H22F3NO3/c1-28-21-8-6-17(14-18(21)15-26-9-11-29-12-10-26)20(27)7-5-16-3-2-4-19(13-16)22(23,24)25/h2-8,13-14H,9-12,15H2,1H3/p+1/b7-5+. The summed E-state index contributed by atoms with van der Waals surface area (Å²) >= 11 is 0. The van der Waals surface area contributed by atoms with Gasteiger partial charge in [0.05, 0.1) is 25.9 Å². The minimum atomic E-state index is -4.42. The van der Waals surface area contributed by atoms with Crippen molar-refractivity contribution in [2.24, 2.45) is 0 Å². The first-order chi connectivity index (χ1) is 13.9. The van der Waals surface area contributed by atoms with Crippen molar-refractivity contribution < 1.29 is 32.3 Å². The number of benzene rings is 2. The molecular weight excluding hydrogens is 383 g/mol. The number of hydrogen-bond donors (Lipinski definition) is 1. The number of carbonyl (C=O) groups excluding carboxylic acids is 1. The second kappa shape index (κ2) is 9.24.